The molecular formula is C15H19F3N2O3S. The molecule has 1 amide bonds. The van der Waals surface area contributed by atoms with Gasteiger partial charge in [0.25, 0.3) is 0 Å². The minimum Gasteiger partial charge on any atom is -0.325 e. The molecular weight excluding hydrogens is 345 g/mol. The van der Waals surface area contributed by atoms with Crippen molar-refractivity contribution >= 4 is 21.6 Å². The second-order valence-electron chi connectivity index (χ2n) is 5.65. The monoisotopic (exact) mass is 364 g/mol. The van der Waals surface area contributed by atoms with Crippen molar-refractivity contribution in [2.75, 3.05) is 17.6 Å². The molecule has 0 saturated carbocycles. The first-order valence-corrected chi connectivity index (χ1v) is 9.23. The van der Waals surface area contributed by atoms with Gasteiger partial charge in [-0.2, -0.15) is 17.5 Å². The van der Waals surface area contributed by atoms with Crippen LogP contribution in [0.3, 0.4) is 0 Å². The number of carbonyl (C=O) groups is 1. The SMILES string of the molecule is CCCS(=O)(=O)N1CCCC1C(=O)Nc1cccc(C(F)(F)F)c1. The van der Waals surface area contributed by atoms with Crippen molar-refractivity contribution in [1.29, 1.82) is 0 Å². The average molecular weight is 364 g/mol. The number of nitrogens with one attached hydrogen (secondary N) is 1. The van der Waals surface area contributed by atoms with E-state index in [4.69, 9.17) is 0 Å². The molecule has 5 nitrogen and oxygen atoms in total. The predicted octanol–water partition coefficient (Wildman–Crippen LogP) is 2.85. The molecule has 0 radical (unpaired) electrons. The fourth-order valence-corrected chi connectivity index (χ4v) is 4.46. The maximum atomic E-state index is 12.7. The number of rotatable bonds is 5. The lowest BCUT2D eigenvalue weighted by atomic mass is 10.1. The molecule has 1 unspecified atom stereocenters. The smallest absolute Gasteiger partial charge is 0.325 e. The van der Waals surface area contributed by atoms with Crippen LogP contribution in [0.4, 0.5) is 18.9 Å². The lowest BCUT2D eigenvalue weighted by Gasteiger charge is -2.23. The molecule has 0 aromatic heterocycles. The predicted molar refractivity (Wildman–Crippen MR) is 83.9 cm³/mol. The van der Waals surface area contributed by atoms with E-state index < -0.39 is 33.7 Å². The highest BCUT2D eigenvalue weighted by atomic mass is 32.2. The minimum atomic E-state index is -4.51. The van der Waals surface area contributed by atoms with Crippen molar-refractivity contribution in [2.45, 2.75) is 38.4 Å². The van der Waals surface area contributed by atoms with E-state index in [9.17, 15) is 26.4 Å². The number of amides is 1. The van der Waals surface area contributed by atoms with Gasteiger partial charge in [0.1, 0.15) is 6.04 Å². The Morgan fingerprint density at radius 3 is 2.71 bits per heavy atom. The van der Waals surface area contributed by atoms with Crippen molar-refractivity contribution in [3.63, 3.8) is 0 Å². The average Bonchev–Trinajstić information content (AvgIpc) is 2.97. The van der Waals surface area contributed by atoms with E-state index >= 15 is 0 Å². The molecule has 0 spiro atoms. The van der Waals surface area contributed by atoms with Crippen LogP contribution >= 0.6 is 0 Å². The first-order valence-electron chi connectivity index (χ1n) is 7.63. The Morgan fingerprint density at radius 2 is 2.08 bits per heavy atom. The van der Waals surface area contributed by atoms with Crippen molar-refractivity contribution in [3.05, 3.63) is 29.8 Å². The van der Waals surface area contributed by atoms with Gasteiger partial charge in [0.15, 0.2) is 0 Å². The van der Waals surface area contributed by atoms with Crippen molar-refractivity contribution in [2.24, 2.45) is 0 Å². The first-order chi connectivity index (χ1) is 11.1. The number of anilines is 1. The van der Waals surface area contributed by atoms with Crippen LogP contribution in [-0.4, -0.2) is 37.0 Å². The lowest BCUT2D eigenvalue weighted by Crippen LogP contribution is -2.44. The normalized spacial score (nSPS) is 19.4. The van der Waals surface area contributed by atoms with E-state index in [0.717, 1.165) is 16.4 Å². The van der Waals surface area contributed by atoms with Gasteiger partial charge in [-0.3, -0.25) is 4.79 Å². The Morgan fingerprint density at radius 1 is 1.38 bits per heavy atom. The van der Waals surface area contributed by atoms with Gasteiger partial charge in [-0.15, -0.1) is 0 Å². The maximum Gasteiger partial charge on any atom is 0.416 e. The van der Waals surface area contributed by atoms with E-state index in [2.05, 4.69) is 5.32 Å². The van der Waals surface area contributed by atoms with E-state index in [1.807, 2.05) is 0 Å². The van der Waals surface area contributed by atoms with Gasteiger partial charge >= 0.3 is 6.18 Å². The molecule has 1 heterocycles. The van der Waals surface area contributed by atoms with Crippen LogP contribution in [0.2, 0.25) is 0 Å². The molecule has 1 N–H and O–H groups in total. The van der Waals surface area contributed by atoms with Crippen LogP contribution in [-0.2, 0) is 21.0 Å². The first kappa shape index (κ1) is 18.7. The summed E-state index contributed by atoms with van der Waals surface area (Å²) in [7, 11) is -3.54. The maximum absolute atomic E-state index is 12.7. The molecule has 1 saturated heterocycles. The highest BCUT2D eigenvalue weighted by Gasteiger charge is 2.38. The minimum absolute atomic E-state index is 0.00503. The summed E-state index contributed by atoms with van der Waals surface area (Å²) < 4.78 is 63.6. The van der Waals surface area contributed by atoms with Gasteiger partial charge in [0, 0.05) is 12.2 Å². The standard InChI is InChI=1S/C15H19F3N2O3S/c1-2-9-24(22,23)20-8-4-7-13(20)14(21)19-12-6-3-5-11(10-12)15(16,17)18/h3,5-6,10,13H,2,4,7-9H2,1H3,(H,19,21). The zero-order chi connectivity index (χ0) is 18.0. The summed E-state index contributed by atoms with van der Waals surface area (Å²) in [6.45, 7) is 1.98. The quantitative estimate of drug-likeness (QED) is 0.874. The Labute approximate surface area is 138 Å². The number of alkyl halides is 3. The van der Waals surface area contributed by atoms with Gasteiger partial charge in [0.05, 0.1) is 11.3 Å². The highest BCUT2D eigenvalue weighted by molar-refractivity contribution is 7.89. The van der Waals surface area contributed by atoms with Crippen LogP contribution < -0.4 is 5.32 Å². The summed E-state index contributed by atoms with van der Waals surface area (Å²) in [5.41, 5.74) is -0.878. The number of hydrogen-bond acceptors (Lipinski definition) is 3. The summed E-state index contributed by atoms with van der Waals surface area (Å²) in [5, 5.41) is 2.40. The Bertz CT molecular complexity index is 704. The summed E-state index contributed by atoms with van der Waals surface area (Å²) >= 11 is 0. The fraction of sp³-hybridized carbons (Fsp3) is 0.533. The Kier molecular flexibility index (Phi) is 5.54. The third kappa shape index (κ3) is 4.27. The Balaban J connectivity index is 2.15. The summed E-state index contributed by atoms with van der Waals surface area (Å²) in [6, 6.07) is 3.39. The summed E-state index contributed by atoms with van der Waals surface area (Å²) in [6.07, 6.45) is -3.18. The van der Waals surface area contributed by atoms with Crippen LogP contribution in [0.25, 0.3) is 0 Å². The van der Waals surface area contributed by atoms with Gasteiger partial charge < -0.3 is 5.32 Å². The van der Waals surface area contributed by atoms with E-state index in [1.165, 1.54) is 12.1 Å². The molecule has 1 aliphatic heterocycles. The number of hydrogen-bond donors (Lipinski definition) is 1. The molecule has 1 aromatic rings. The van der Waals surface area contributed by atoms with Crippen LogP contribution in [0.5, 0.6) is 0 Å². The third-order valence-electron chi connectivity index (χ3n) is 3.78. The molecule has 1 atom stereocenters. The molecule has 1 aromatic carbocycles. The van der Waals surface area contributed by atoms with E-state index in [0.29, 0.717) is 19.3 Å². The third-order valence-corrected chi connectivity index (χ3v) is 5.86. The van der Waals surface area contributed by atoms with Crippen molar-refractivity contribution in [3.8, 4) is 0 Å². The van der Waals surface area contributed by atoms with Gasteiger partial charge in [0.2, 0.25) is 15.9 Å². The largest absolute Gasteiger partial charge is 0.416 e. The lowest BCUT2D eigenvalue weighted by molar-refractivity contribution is -0.137. The molecule has 24 heavy (non-hydrogen) atoms. The second kappa shape index (κ2) is 7.10. The summed E-state index contributed by atoms with van der Waals surface area (Å²) in [5.74, 6) is -0.660. The topological polar surface area (TPSA) is 66.5 Å². The van der Waals surface area contributed by atoms with Gasteiger partial charge in [-0.1, -0.05) is 13.0 Å². The molecule has 9 heteroatoms. The molecule has 1 aliphatic rings. The van der Waals surface area contributed by atoms with Crippen LogP contribution in [0.1, 0.15) is 31.7 Å². The molecule has 1 fully saturated rings. The van der Waals surface area contributed by atoms with Crippen molar-refractivity contribution < 1.29 is 26.4 Å². The van der Waals surface area contributed by atoms with Gasteiger partial charge in [-0.25, -0.2) is 8.42 Å². The molecule has 2 rings (SSSR count). The number of carbonyl (C=O) groups excluding carboxylic acids is 1. The number of sulfonamides is 1. The van der Waals surface area contributed by atoms with Crippen LogP contribution in [0, 0.1) is 0 Å². The molecule has 0 aliphatic carbocycles. The van der Waals surface area contributed by atoms with E-state index in [-0.39, 0.29) is 18.0 Å². The second-order valence-corrected chi connectivity index (χ2v) is 7.69. The Hall–Kier alpha value is -1.61. The number of halogens is 3. The fourth-order valence-electron chi connectivity index (χ4n) is 2.71. The molecule has 0 bridgehead atoms. The van der Waals surface area contributed by atoms with Gasteiger partial charge in [-0.05, 0) is 37.5 Å². The number of nitrogens with zero attached hydrogens (tertiary/aromatic N) is 1. The summed E-state index contributed by atoms with van der Waals surface area (Å²) in [4.78, 5) is 12.3. The van der Waals surface area contributed by atoms with Crippen molar-refractivity contribution in [1.82, 2.24) is 4.31 Å². The van der Waals surface area contributed by atoms with Crippen LogP contribution in [0.15, 0.2) is 24.3 Å². The highest BCUT2D eigenvalue weighted by Crippen LogP contribution is 2.31. The number of benzene rings is 1. The molecule has 134 valence electrons. The zero-order valence-corrected chi connectivity index (χ0v) is 14.0. The van der Waals surface area contributed by atoms with E-state index in [1.54, 1.807) is 6.92 Å². The zero-order valence-electron chi connectivity index (χ0n) is 13.1.